The van der Waals surface area contributed by atoms with E-state index in [-0.39, 0.29) is 35.0 Å². The van der Waals surface area contributed by atoms with Crippen LogP contribution in [0.3, 0.4) is 0 Å². The first kappa shape index (κ1) is 26.2. The first-order valence-corrected chi connectivity index (χ1v) is 14.0. The highest BCUT2D eigenvalue weighted by molar-refractivity contribution is 6.22. The van der Waals surface area contributed by atoms with Crippen LogP contribution in [0.1, 0.15) is 52.0 Å². The molecule has 0 aromatic heterocycles. The van der Waals surface area contributed by atoms with E-state index in [1.165, 1.54) is 4.90 Å². The largest absolute Gasteiger partial charge is 0.504 e. The number of imide groups is 1. The van der Waals surface area contributed by atoms with Crippen LogP contribution in [-0.2, 0) is 19.2 Å². The van der Waals surface area contributed by atoms with Crippen molar-refractivity contribution in [1.82, 2.24) is 0 Å². The second-order valence-corrected chi connectivity index (χ2v) is 11.6. The van der Waals surface area contributed by atoms with E-state index in [1.54, 1.807) is 56.3 Å². The number of ketones is 2. The van der Waals surface area contributed by atoms with Gasteiger partial charge in [0, 0.05) is 11.8 Å². The maximum absolute atomic E-state index is 14.1. The minimum Gasteiger partial charge on any atom is -0.504 e. The molecule has 6 rings (SSSR count). The van der Waals surface area contributed by atoms with Crippen molar-refractivity contribution in [2.24, 2.45) is 29.1 Å². The Morgan fingerprint density at radius 2 is 1.70 bits per heavy atom. The molecule has 0 radical (unpaired) electrons. The molecule has 3 aliphatic carbocycles. The molecule has 1 saturated heterocycles. The highest BCUT2D eigenvalue weighted by Crippen LogP contribution is 2.63. The third kappa shape index (κ3) is 3.49. The number of hydrogen-bond acceptors (Lipinski definition) is 6. The molecule has 1 aliphatic heterocycles. The Balaban J connectivity index is 1.52. The summed E-state index contributed by atoms with van der Waals surface area (Å²) in [5, 5.41) is 10.4. The van der Waals surface area contributed by atoms with Crippen LogP contribution in [-0.4, -0.2) is 35.1 Å². The molecule has 40 heavy (non-hydrogen) atoms. The van der Waals surface area contributed by atoms with Crippen molar-refractivity contribution < 1.29 is 29.0 Å². The first-order valence-electron chi connectivity index (χ1n) is 14.0. The fraction of sp³-hybridized carbons (Fsp3) is 0.394. The minimum absolute atomic E-state index is 0.00890. The number of carbonyl (C=O) groups is 4. The zero-order valence-electron chi connectivity index (χ0n) is 23.1. The number of rotatable bonds is 4. The average molecular weight is 540 g/mol. The van der Waals surface area contributed by atoms with Crippen molar-refractivity contribution >= 4 is 29.1 Å². The first-order chi connectivity index (χ1) is 19.1. The van der Waals surface area contributed by atoms with Gasteiger partial charge >= 0.3 is 0 Å². The molecular formula is C33H33NO6. The molecule has 1 saturated carbocycles. The number of hydrogen-bond donors (Lipinski definition) is 1. The molecule has 2 fully saturated rings. The van der Waals surface area contributed by atoms with Gasteiger partial charge in [0.25, 0.3) is 0 Å². The lowest BCUT2D eigenvalue weighted by Gasteiger charge is -2.54. The second kappa shape index (κ2) is 9.29. The number of anilines is 1. The summed E-state index contributed by atoms with van der Waals surface area (Å²) in [6, 6.07) is 14.0. The van der Waals surface area contributed by atoms with Gasteiger partial charge < -0.3 is 9.84 Å². The van der Waals surface area contributed by atoms with Gasteiger partial charge in [0.05, 0.1) is 29.5 Å². The molecule has 7 heteroatoms. The van der Waals surface area contributed by atoms with Crippen LogP contribution in [0.25, 0.3) is 0 Å². The maximum atomic E-state index is 14.1. The standard InChI is InChI=1S/C33H33NO6/c1-5-40-26-15-19(11-14-25(26)35)28-21-12-13-22-27(32(39)34(31(22)38)20-9-7-6-8-10-20)23(21)16-24-29(36)17(2)18(3)30(37)33(24,28)4/h6-12,14-15,22-24,27-28,35H,5,13,16H2,1-4H3/t22-,23+,24-,27-,28-,33+/m0/s1. The van der Waals surface area contributed by atoms with Gasteiger partial charge in [0.15, 0.2) is 23.1 Å². The third-order valence-corrected chi connectivity index (χ3v) is 9.80. The quantitative estimate of drug-likeness (QED) is 0.427. The summed E-state index contributed by atoms with van der Waals surface area (Å²) in [7, 11) is 0. The SMILES string of the molecule is CCOc1cc([C@H]2C3=CC[C@@H]4C(=O)N(c5ccccc5)C(=O)[C@@H]4[C@@H]3C[C@H]3C(=O)C(C)=C(C)C(=O)[C@@]23C)ccc1O. The number of fused-ring (bicyclic) bond motifs is 4. The normalized spacial score (nSPS) is 31.6. The fourth-order valence-corrected chi connectivity index (χ4v) is 7.77. The molecule has 4 aliphatic rings. The lowest BCUT2D eigenvalue weighted by atomic mass is 9.46. The van der Waals surface area contributed by atoms with Crippen LogP contribution < -0.4 is 9.64 Å². The fourth-order valence-electron chi connectivity index (χ4n) is 7.77. The van der Waals surface area contributed by atoms with Gasteiger partial charge in [-0.1, -0.05) is 42.8 Å². The number of amides is 2. The third-order valence-electron chi connectivity index (χ3n) is 9.80. The minimum atomic E-state index is -1.08. The van der Waals surface area contributed by atoms with Crippen molar-refractivity contribution in [2.75, 3.05) is 11.5 Å². The summed E-state index contributed by atoms with van der Waals surface area (Å²) in [6.45, 7) is 7.46. The number of Topliss-reactive ketones (excluding diaryl/α,β-unsaturated/α-hetero) is 2. The van der Waals surface area contributed by atoms with Crippen LogP contribution in [0, 0.1) is 29.1 Å². The summed E-state index contributed by atoms with van der Waals surface area (Å²) < 4.78 is 5.69. The molecule has 2 aromatic carbocycles. The smallest absolute Gasteiger partial charge is 0.238 e. The van der Waals surface area contributed by atoms with E-state index in [0.717, 1.165) is 11.1 Å². The number of phenolic OH excluding ortho intramolecular Hbond substituents is 1. The van der Waals surface area contributed by atoms with Crippen molar-refractivity contribution in [3.8, 4) is 11.5 Å². The lowest BCUT2D eigenvalue weighted by Crippen LogP contribution is -2.55. The molecule has 2 aromatic rings. The van der Waals surface area contributed by atoms with E-state index in [0.29, 0.717) is 42.0 Å². The summed E-state index contributed by atoms with van der Waals surface area (Å²) in [5.74, 6) is -3.01. The summed E-state index contributed by atoms with van der Waals surface area (Å²) in [6.07, 6.45) is 2.74. The monoisotopic (exact) mass is 539 g/mol. The van der Waals surface area contributed by atoms with Crippen LogP contribution in [0.15, 0.2) is 71.3 Å². The van der Waals surface area contributed by atoms with Crippen LogP contribution in [0.4, 0.5) is 5.69 Å². The topological polar surface area (TPSA) is 101 Å². The zero-order chi connectivity index (χ0) is 28.5. The Morgan fingerprint density at radius 1 is 0.975 bits per heavy atom. The zero-order valence-corrected chi connectivity index (χ0v) is 23.1. The molecule has 7 nitrogen and oxygen atoms in total. The van der Waals surface area contributed by atoms with E-state index in [9.17, 15) is 24.3 Å². The second-order valence-electron chi connectivity index (χ2n) is 11.6. The van der Waals surface area contributed by atoms with Crippen LogP contribution in [0.5, 0.6) is 11.5 Å². The predicted molar refractivity (Wildman–Crippen MR) is 149 cm³/mol. The molecule has 0 unspecified atom stereocenters. The number of para-hydroxylation sites is 1. The molecule has 206 valence electrons. The molecule has 0 bridgehead atoms. The van der Waals surface area contributed by atoms with Crippen molar-refractivity contribution in [2.45, 2.75) is 46.5 Å². The average Bonchev–Trinajstić information content (AvgIpc) is 3.21. The molecule has 0 spiro atoms. The molecular weight excluding hydrogens is 506 g/mol. The van der Waals surface area contributed by atoms with Crippen LogP contribution >= 0.6 is 0 Å². The summed E-state index contributed by atoms with van der Waals surface area (Å²) in [5.41, 5.74) is 2.05. The number of phenols is 1. The van der Waals surface area contributed by atoms with E-state index in [1.807, 2.05) is 26.0 Å². The highest BCUT2D eigenvalue weighted by Gasteiger charge is 2.64. The number of allylic oxidation sites excluding steroid dienone is 4. The van der Waals surface area contributed by atoms with Crippen molar-refractivity contribution in [3.63, 3.8) is 0 Å². The lowest BCUT2D eigenvalue weighted by molar-refractivity contribution is -0.142. The number of aromatic hydroxyl groups is 1. The van der Waals surface area contributed by atoms with Gasteiger partial charge in [-0.25, -0.2) is 0 Å². The van der Waals surface area contributed by atoms with Gasteiger partial charge in [0.1, 0.15) is 0 Å². The van der Waals surface area contributed by atoms with Gasteiger partial charge in [-0.3, -0.25) is 24.1 Å². The van der Waals surface area contributed by atoms with E-state index in [2.05, 4.69) is 0 Å². The van der Waals surface area contributed by atoms with Gasteiger partial charge in [-0.05, 0) is 80.5 Å². The van der Waals surface area contributed by atoms with Crippen molar-refractivity contribution in [1.29, 1.82) is 0 Å². The Hall–Kier alpha value is -4.00. The van der Waals surface area contributed by atoms with E-state index >= 15 is 0 Å². The molecule has 2 amide bonds. The Kier molecular flexibility index (Phi) is 6.09. The predicted octanol–water partition coefficient (Wildman–Crippen LogP) is 5.14. The molecule has 1 N–H and O–H groups in total. The number of benzene rings is 2. The van der Waals surface area contributed by atoms with Gasteiger partial charge in [-0.15, -0.1) is 0 Å². The molecule has 1 heterocycles. The Labute approximate surface area is 233 Å². The Morgan fingerprint density at radius 3 is 2.40 bits per heavy atom. The van der Waals surface area contributed by atoms with Gasteiger partial charge in [-0.2, -0.15) is 0 Å². The number of nitrogens with zero attached hydrogens (tertiary/aromatic N) is 1. The molecule has 6 atom stereocenters. The van der Waals surface area contributed by atoms with E-state index in [4.69, 9.17) is 4.74 Å². The Bertz CT molecular complexity index is 1520. The van der Waals surface area contributed by atoms with Crippen molar-refractivity contribution in [3.05, 3.63) is 76.9 Å². The summed E-state index contributed by atoms with van der Waals surface area (Å²) in [4.78, 5) is 56.9. The number of carbonyl (C=O) groups excluding carboxylic acids is 4. The van der Waals surface area contributed by atoms with Crippen LogP contribution in [0.2, 0.25) is 0 Å². The summed E-state index contributed by atoms with van der Waals surface area (Å²) >= 11 is 0. The van der Waals surface area contributed by atoms with E-state index < -0.39 is 29.1 Å². The maximum Gasteiger partial charge on any atom is 0.238 e. The van der Waals surface area contributed by atoms with Gasteiger partial charge in [0.2, 0.25) is 11.8 Å². The number of ether oxygens (including phenoxy) is 1. The highest BCUT2D eigenvalue weighted by atomic mass is 16.5.